The van der Waals surface area contributed by atoms with Crippen molar-refractivity contribution in [2.24, 2.45) is 5.73 Å². The number of rotatable bonds is 8. The summed E-state index contributed by atoms with van der Waals surface area (Å²) in [4.78, 5) is 40.1. The van der Waals surface area contributed by atoms with Gasteiger partial charge in [0.15, 0.2) is 12.4 Å². The number of pyridine rings is 1. The van der Waals surface area contributed by atoms with Gasteiger partial charge in [-0.3, -0.25) is 10.1 Å². The highest BCUT2D eigenvalue weighted by Gasteiger charge is 2.15. The zero-order valence-electron chi connectivity index (χ0n) is 20.0. The number of anilines is 1. The number of benzene rings is 2. The first kappa shape index (κ1) is 28.1. The average Bonchev–Trinajstić information content (AvgIpc) is 2.85. The van der Waals surface area contributed by atoms with E-state index in [-0.39, 0.29) is 37.4 Å². The SMILES string of the molecule is C#CCOC(=O)NCc1ccc(-c2cccc(C(N)C(C)=O)c2)c2cc(NC(=O)NCC)ncc12.Cl. The maximum absolute atomic E-state index is 12.0. The monoisotopic (exact) mass is 509 g/mol. The van der Waals surface area contributed by atoms with E-state index < -0.39 is 12.1 Å². The number of nitrogens with two attached hydrogens (primary N) is 1. The number of alkyl carbamates (subject to hydrolysis) is 1. The number of Topliss-reactive ketones (excluding diaryl/α,β-unsaturated/α-hetero) is 1. The van der Waals surface area contributed by atoms with Gasteiger partial charge in [-0.2, -0.15) is 0 Å². The normalized spacial score (nSPS) is 10.9. The van der Waals surface area contributed by atoms with E-state index in [1.165, 1.54) is 6.92 Å². The molecule has 0 aliphatic rings. The Kier molecular flexibility index (Phi) is 10.2. The van der Waals surface area contributed by atoms with Crippen LogP contribution < -0.4 is 21.7 Å². The number of carbonyl (C=O) groups excluding carboxylic acids is 3. The van der Waals surface area contributed by atoms with Crippen LogP contribution in [0.5, 0.6) is 0 Å². The molecule has 3 amide bonds. The molecule has 0 saturated heterocycles. The van der Waals surface area contributed by atoms with Gasteiger partial charge < -0.3 is 21.1 Å². The molecule has 10 heteroatoms. The van der Waals surface area contributed by atoms with Gasteiger partial charge in [0.05, 0.1) is 6.04 Å². The molecule has 1 unspecified atom stereocenters. The Morgan fingerprint density at radius 2 is 1.92 bits per heavy atom. The van der Waals surface area contributed by atoms with Crippen LogP contribution in [0.15, 0.2) is 48.7 Å². The van der Waals surface area contributed by atoms with Crippen molar-refractivity contribution < 1.29 is 19.1 Å². The Labute approximate surface area is 215 Å². The highest BCUT2D eigenvalue weighted by Crippen LogP contribution is 2.33. The number of nitrogens with zero attached hydrogens (tertiary/aromatic N) is 1. The lowest BCUT2D eigenvalue weighted by molar-refractivity contribution is -0.118. The van der Waals surface area contributed by atoms with Crippen LogP contribution in [0.3, 0.4) is 0 Å². The van der Waals surface area contributed by atoms with Crippen LogP contribution in [0.1, 0.15) is 31.0 Å². The van der Waals surface area contributed by atoms with Gasteiger partial charge in [-0.1, -0.05) is 36.3 Å². The van der Waals surface area contributed by atoms with E-state index in [1.54, 1.807) is 12.3 Å². The maximum Gasteiger partial charge on any atom is 0.408 e. The molecule has 0 saturated carbocycles. The molecular formula is C26H28ClN5O4. The number of fused-ring (bicyclic) bond motifs is 1. The van der Waals surface area contributed by atoms with Gasteiger partial charge in [0.2, 0.25) is 0 Å². The van der Waals surface area contributed by atoms with Gasteiger partial charge in [0.1, 0.15) is 5.82 Å². The Balaban J connectivity index is 0.00000456. The number of urea groups is 1. The predicted octanol–water partition coefficient (Wildman–Crippen LogP) is 3.91. The minimum Gasteiger partial charge on any atom is -0.436 e. The smallest absolute Gasteiger partial charge is 0.408 e. The molecule has 9 nitrogen and oxygen atoms in total. The van der Waals surface area contributed by atoms with Crippen LogP contribution in [0, 0.1) is 12.3 Å². The summed E-state index contributed by atoms with van der Waals surface area (Å²) in [6.07, 6.45) is 6.12. The topological polar surface area (TPSA) is 135 Å². The molecule has 3 rings (SSSR count). The van der Waals surface area contributed by atoms with Crippen molar-refractivity contribution in [3.63, 3.8) is 0 Å². The summed E-state index contributed by atoms with van der Waals surface area (Å²) in [6, 6.07) is 11.9. The van der Waals surface area contributed by atoms with Gasteiger partial charge in [-0.15, -0.1) is 18.8 Å². The van der Waals surface area contributed by atoms with Crippen LogP contribution >= 0.6 is 12.4 Å². The molecule has 0 aliphatic carbocycles. The molecule has 2 aromatic carbocycles. The molecular weight excluding hydrogens is 482 g/mol. The van der Waals surface area contributed by atoms with Crippen LogP contribution in [0.2, 0.25) is 0 Å². The average molecular weight is 510 g/mol. The van der Waals surface area contributed by atoms with Gasteiger partial charge >= 0.3 is 12.1 Å². The number of nitrogens with one attached hydrogen (secondary N) is 3. The summed E-state index contributed by atoms with van der Waals surface area (Å²) in [5.74, 6) is 2.46. The van der Waals surface area contributed by atoms with E-state index in [9.17, 15) is 14.4 Å². The minimum absolute atomic E-state index is 0. The lowest BCUT2D eigenvalue weighted by Crippen LogP contribution is -2.28. The van der Waals surface area contributed by atoms with Crippen LogP contribution in [-0.2, 0) is 16.1 Å². The largest absolute Gasteiger partial charge is 0.436 e. The highest BCUT2D eigenvalue weighted by atomic mass is 35.5. The molecule has 188 valence electrons. The molecule has 5 N–H and O–H groups in total. The molecule has 0 aliphatic heterocycles. The molecule has 0 bridgehead atoms. The standard InChI is InChI=1S/C26H27N5O4.ClH/c1-4-11-35-26(34)30-14-19-9-10-20(17-7-6-8-18(12-17)24(27)16(3)32)21-13-23(29-15-22(19)21)31-25(33)28-5-2;/h1,6-10,12-13,15,24H,5,11,14,27H2,2-3H3,(H,30,34)(H2,28,29,31,33);1H. The summed E-state index contributed by atoms with van der Waals surface area (Å²) in [5, 5.41) is 9.61. The Morgan fingerprint density at radius 1 is 1.14 bits per heavy atom. The quantitative estimate of drug-likeness (QED) is 0.340. The Bertz CT molecular complexity index is 1310. The van der Waals surface area contributed by atoms with Crippen LogP contribution in [-0.4, -0.2) is 36.0 Å². The third-order valence-electron chi connectivity index (χ3n) is 5.27. The molecule has 36 heavy (non-hydrogen) atoms. The number of terminal acetylenes is 1. The first-order valence-corrected chi connectivity index (χ1v) is 11.0. The van der Waals surface area contributed by atoms with Crippen molar-refractivity contribution in [3.8, 4) is 23.5 Å². The summed E-state index contributed by atoms with van der Waals surface area (Å²) in [7, 11) is 0. The minimum atomic E-state index is -0.727. The fourth-order valence-electron chi connectivity index (χ4n) is 3.55. The second kappa shape index (κ2) is 13.1. The second-order valence-corrected chi connectivity index (χ2v) is 7.72. The van der Waals surface area contributed by atoms with E-state index in [2.05, 4.69) is 26.9 Å². The Hall–Kier alpha value is -4.13. The molecule has 1 atom stereocenters. The maximum atomic E-state index is 12.0. The molecule has 0 fully saturated rings. The molecule has 0 spiro atoms. The number of hydrogen-bond acceptors (Lipinski definition) is 6. The second-order valence-electron chi connectivity index (χ2n) is 7.72. The van der Waals surface area contributed by atoms with Gasteiger partial charge in [-0.25, -0.2) is 14.6 Å². The van der Waals surface area contributed by atoms with E-state index in [0.717, 1.165) is 27.5 Å². The third kappa shape index (κ3) is 6.95. The van der Waals surface area contributed by atoms with Crippen molar-refractivity contribution in [1.29, 1.82) is 0 Å². The summed E-state index contributed by atoms with van der Waals surface area (Å²) < 4.78 is 4.86. The van der Waals surface area contributed by atoms with Crippen molar-refractivity contribution in [2.45, 2.75) is 26.4 Å². The van der Waals surface area contributed by atoms with Crippen molar-refractivity contribution in [3.05, 3.63) is 59.8 Å². The van der Waals surface area contributed by atoms with E-state index in [1.807, 2.05) is 43.3 Å². The van der Waals surface area contributed by atoms with Gasteiger partial charge in [-0.05, 0) is 53.6 Å². The van der Waals surface area contributed by atoms with E-state index >= 15 is 0 Å². The zero-order chi connectivity index (χ0) is 25.4. The number of ether oxygens (including phenoxy) is 1. The number of hydrogen-bond donors (Lipinski definition) is 4. The number of carbonyl (C=O) groups is 3. The first-order valence-electron chi connectivity index (χ1n) is 11.0. The Morgan fingerprint density at radius 3 is 2.61 bits per heavy atom. The lowest BCUT2D eigenvalue weighted by Gasteiger charge is -2.15. The van der Waals surface area contributed by atoms with Crippen molar-refractivity contribution in [2.75, 3.05) is 18.5 Å². The molecule has 1 heterocycles. The highest BCUT2D eigenvalue weighted by molar-refractivity contribution is 6.01. The number of halogens is 1. The van der Waals surface area contributed by atoms with Crippen LogP contribution in [0.25, 0.3) is 21.9 Å². The summed E-state index contributed by atoms with van der Waals surface area (Å²) in [6.45, 7) is 3.80. The first-order chi connectivity index (χ1) is 16.8. The molecule has 0 radical (unpaired) electrons. The third-order valence-corrected chi connectivity index (χ3v) is 5.27. The fraction of sp³-hybridized carbons (Fsp3) is 0.231. The van der Waals surface area contributed by atoms with E-state index in [4.69, 9.17) is 16.9 Å². The molecule has 3 aromatic rings. The van der Waals surface area contributed by atoms with Gasteiger partial charge in [0.25, 0.3) is 0 Å². The van der Waals surface area contributed by atoms with Crippen molar-refractivity contribution in [1.82, 2.24) is 15.6 Å². The fourth-order valence-corrected chi connectivity index (χ4v) is 3.55. The number of aromatic nitrogens is 1. The number of ketones is 1. The molecule has 1 aromatic heterocycles. The van der Waals surface area contributed by atoms with Crippen molar-refractivity contribution >= 4 is 46.9 Å². The van der Waals surface area contributed by atoms with Crippen LogP contribution in [0.4, 0.5) is 15.4 Å². The lowest BCUT2D eigenvalue weighted by atomic mass is 9.93. The van der Waals surface area contributed by atoms with Gasteiger partial charge in [0, 0.05) is 24.7 Å². The number of amides is 3. The van der Waals surface area contributed by atoms with E-state index in [0.29, 0.717) is 17.9 Å². The summed E-state index contributed by atoms with van der Waals surface area (Å²) in [5.41, 5.74) is 9.22. The predicted molar refractivity (Wildman–Crippen MR) is 142 cm³/mol. The summed E-state index contributed by atoms with van der Waals surface area (Å²) >= 11 is 0. The zero-order valence-corrected chi connectivity index (χ0v) is 20.8.